The number of rotatable bonds is 4. The number of nitrogens with zero attached hydrogens (tertiary/aromatic N) is 2. The number of nitrogens with two attached hydrogens (primary N) is 1. The van der Waals surface area contributed by atoms with Crippen molar-refractivity contribution in [1.29, 1.82) is 0 Å². The third kappa shape index (κ3) is 2.60. The van der Waals surface area contributed by atoms with Crippen molar-refractivity contribution in [2.75, 3.05) is 13.7 Å². The highest BCUT2D eigenvalue weighted by Crippen LogP contribution is 2.30. The van der Waals surface area contributed by atoms with Crippen LogP contribution in [-0.4, -0.2) is 23.6 Å². The highest BCUT2D eigenvalue weighted by molar-refractivity contribution is 6.32. The molecular weight excluding hydrogens is 250 g/mol. The third-order valence-corrected chi connectivity index (χ3v) is 3.07. The zero-order valence-electron chi connectivity index (χ0n) is 10.0. The maximum absolute atomic E-state index is 6.12. The van der Waals surface area contributed by atoms with Crippen LogP contribution in [0.3, 0.4) is 0 Å². The summed E-state index contributed by atoms with van der Waals surface area (Å²) >= 11 is 6.12. The normalized spacial score (nSPS) is 12.2. The van der Waals surface area contributed by atoms with Crippen LogP contribution in [0.15, 0.2) is 36.8 Å². The van der Waals surface area contributed by atoms with E-state index >= 15 is 0 Å². The van der Waals surface area contributed by atoms with Crippen LogP contribution >= 0.6 is 11.6 Å². The van der Waals surface area contributed by atoms with Crippen molar-refractivity contribution in [1.82, 2.24) is 9.97 Å². The first-order chi connectivity index (χ1) is 8.76. The Morgan fingerprint density at radius 3 is 2.78 bits per heavy atom. The van der Waals surface area contributed by atoms with E-state index in [4.69, 9.17) is 22.1 Å². The number of ether oxygens (including phenoxy) is 1. The Morgan fingerprint density at radius 1 is 1.39 bits per heavy atom. The van der Waals surface area contributed by atoms with Gasteiger partial charge in [0.05, 0.1) is 17.8 Å². The summed E-state index contributed by atoms with van der Waals surface area (Å²) in [6, 6.07) is 7.50. The Labute approximate surface area is 111 Å². The second kappa shape index (κ2) is 5.80. The van der Waals surface area contributed by atoms with E-state index in [1.807, 2.05) is 24.3 Å². The van der Waals surface area contributed by atoms with Crippen molar-refractivity contribution in [3.05, 3.63) is 53.1 Å². The minimum Gasteiger partial charge on any atom is -0.495 e. The fraction of sp³-hybridized carbons (Fsp3) is 0.231. The molecule has 0 radical (unpaired) electrons. The lowest BCUT2D eigenvalue weighted by atomic mass is 9.95. The summed E-state index contributed by atoms with van der Waals surface area (Å²) in [5, 5.41) is 0.572. The maximum atomic E-state index is 6.12. The lowest BCUT2D eigenvalue weighted by molar-refractivity contribution is 0.415. The molecule has 1 atom stereocenters. The lowest BCUT2D eigenvalue weighted by Crippen LogP contribution is -2.15. The Morgan fingerprint density at radius 2 is 2.22 bits per heavy atom. The van der Waals surface area contributed by atoms with Gasteiger partial charge in [-0.3, -0.25) is 0 Å². The number of halogens is 1. The fourth-order valence-corrected chi connectivity index (χ4v) is 2.10. The third-order valence-electron chi connectivity index (χ3n) is 2.78. The van der Waals surface area contributed by atoms with Crippen LogP contribution in [0.4, 0.5) is 0 Å². The second-order valence-corrected chi connectivity index (χ2v) is 4.22. The SMILES string of the molecule is COc1ccc(C(CN)c2ccncn2)cc1Cl. The Balaban J connectivity index is 2.37. The van der Waals surface area contributed by atoms with Gasteiger partial charge in [-0.05, 0) is 23.8 Å². The smallest absolute Gasteiger partial charge is 0.137 e. The van der Waals surface area contributed by atoms with Crippen molar-refractivity contribution < 1.29 is 4.74 Å². The molecule has 1 aromatic heterocycles. The Kier molecular flexibility index (Phi) is 4.12. The van der Waals surface area contributed by atoms with Gasteiger partial charge in [-0.15, -0.1) is 0 Å². The molecule has 0 aliphatic heterocycles. The van der Waals surface area contributed by atoms with Crippen molar-refractivity contribution in [2.45, 2.75) is 5.92 Å². The van der Waals surface area contributed by atoms with E-state index in [-0.39, 0.29) is 5.92 Å². The highest BCUT2D eigenvalue weighted by atomic mass is 35.5. The average Bonchev–Trinajstić information content (AvgIpc) is 2.41. The molecule has 2 N–H and O–H groups in total. The van der Waals surface area contributed by atoms with Gasteiger partial charge in [-0.2, -0.15) is 0 Å². The predicted molar refractivity (Wildman–Crippen MR) is 70.9 cm³/mol. The Hall–Kier alpha value is -1.65. The quantitative estimate of drug-likeness (QED) is 0.919. The molecule has 0 spiro atoms. The van der Waals surface area contributed by atoms with Crippen molar-refractivity contribution in [2.24, 2.45) is 5.73 Å². The van der Waals surface area contributed by atoms with Crippen LogP contribution in [0.5, 0.6) is 5.75 Å². The maximum Gasteiger partial charge on any atom is 0.137 e. The van der Waals surface area contributed by atoms with E-state index in [0.29, 0.717) is 17.3 Å². The zero-order valence-corrected chi connectivity index (χ0v) is 10.8. The number of benzene rings is 1. The molecule has 0 bridgehead atoms. The van der Waals surface area contributed by atoms with E-state index in [1.54, 1.807) is 13.3 Å². The van der Waals surface area contributed by atoms with E-state index in [1.165, 1.54) is 6.33 Å². The van der Waals surface area contributed by atoms with Crippen molar-refractivity contribution in [3.8, 4) is 5.75 Å². The summed E-state index contributed by atoms with van der Waals surface area (Å²) in [7, 11) is 1.59. The first-order valence-electron chi connectivity index (χ1n) is 5.55. The summed E-state index contributed by atoms with van der Waals surface area (Å²) in [6.45, 7) is 0.458. The standard InChI is InChI=1S/C13H14ClN3O/c1-18-13-3-2-9(6-11(13)14)10(7-15)12-4-5-16-8-17-12/h2-6,8,10H,7,15H2,1H3. The zero-order chi connectivity index (χ0) is 13.0. The molecule has 2 aromatic rings. The van der Waals surface area contributed by atoms with E-state index < -0.39 is 0 Å². The molecule has 0 saturated carbocycles. The van der Waals surface area contributed by atoms with E-state index in [0.717, 1.165) is 11.3 Å². The first-order valence-corrected chi connectivity index (χ1v) is 5.93. The minimum absolute atomic E-state index is 0.0106. The van der Waals surface area contributed by atoms with Crippen LogP contribution in [-0.2, 0) is 0 Å². The molecule has 4 nitrogen and oxygen atoms in total. The number of hydrogen-bond donors (Lipinski definition) is 1. The van der Waals surface area contributed by atoms with Crippen molar-refractivity contribution in [3.63, 3.8) is 0 Å². The van der Waals surface area contributed by atoms with Gasteiger partial charge in [0.15, 0.2) is 0 Å². The highest BCUT2D eigenvalue weighted by Gasteiger charge is 2.15. The molecule has 1 heterocycles. The number of aromatic nitrogens is 2. The topological polar surface area (TPSA) is 61.0 Å². The van der Waals surface area contributed by atoms with Gasteiger partial charge in [0.25, 0.3) is 0 Å². The van der Waals surface area contributed by atoms with Crippen LogP contribution in [0.2, 0.25) is 5.02 Å². The first kappa shape index (κ1) is 12.8. The number of hydrogen-bond acceptors (Lipinski definition) is 4. The predicted octanol–water partition coefficient (Wildman–Crippen LogP) is 2.23. The summed E-state index contributed by atoms with van der Waals surface area (Å²) in [6.07, 6.45) is 3.22. The fourth-order valence-electron chi connectivity index (χ4n) is 1.83. The van der Waals surface area contributed by atoms with Gasteiger partial charge in [-0.1, -0.05) is 17.7 Å². The van der Waals surface area contributed by atoms with E-state index in [9.17, 15) is 0 Å². The monoisotopic (exact) mass is 263 g/mol. The molecule has 94 valence electrons. The molecule has 0 fully saturated rings. The number of methoxy groups -OCH3 is 1. The van der Waals surface area contributed by atoms with Crippen molar-refractivity contribution >= 4 is 11.6 Å². The molecular formula is C13H14ClN3O. The molecule has 0 aliphatic rings. The van der Waals surface area contributed by atoms with Gasteiger partial charge in [0, 0.05) is 18.7 Å². The summed E-state index contributed by atoms with van der Waals surface area (Å²) in [5.41, 5.74) is 7.72. The van der Waals surface area contributed by atoms with Crippen LogP contribution < -0.4 is 10.5 Å². The molecule has 18 heavy (non-hydrogen) atoms. The minimum atomic E-state index is 0.0106. The Bertz CT molecular complexity index is 519. The largest absolute Gasteiger partial charge is 0.495 e. The van der Waals surface area contributed by atoms with Crippen LogP contribution in [0, 0.1) is 0 Å². The molecule has 0 aliphatic carbocycles. The van der Waals surface area contributed by atoms with E-state index in [2.05, 4.69) is 9.97 Å². The second-order valence-electron chi connectivity index (χ2n) is 3.82. The molecule has 0 amide bonds. The molecule has 2 rings (SSSR count). The molecule has 0 saturated heterocycles. The summed E-state index contributed by atoms with van der Waals surface area (Å²) in [5.74, 6) is 0.662. The summed E-state index contributed by atoms with van der Waals surface area (Å²) in [4.78, 5) is 8.14. The molecule has 1 unspecified atom stereocenters. The van der Waals surface area contributed by atoms with Gasteiger partial charge < -0.3 is 10.5 Å². The van der Waals surface area contributed by atoms with Gasteiger partial charge in [0.2, 0.25) is 0 Å². The van der Waals surface area contributed by atoms with Crippen LogP contribution in [0.1, 0.15) is 17.2 Å². The average molecular weight is 264 g/mol. The van der Waals surface area contributed by atoms with Gasteiger partial charge in [0.1, 0.15) is 12.1 Å². The van der Waals surface area contributed by atoms with Gasteiger partial charge in [-0.25, -0.2) is 9.97 Å². The van der Waals surface area contributed by atoms with Crippen LogP contribution in [0.25, 0.3) is 0 Å². The summed E-state index contributed by atoms with van der Waals surface area (Å²) < 4.78 is 5.13. The van der Waals surface area contributed by atoms with Gasteiger partial charge >= 0.3 is 0 Å². The molecule has 5 heteroatoms. The molecule has 1 aromatic carbocycles. The lowest BCUT2D eigenvalue weighted by Gasteiger charge is -2.15.